The minimum absolute atomic E-state index is 0.224. The lowest BCUT2D eigenvalue weighted by Gasteiger charge is -2.10. The van der Waals surface area contributed by atoms with E-state index in [0.29, 0.717) is 45.3 Å². The normalized spacial score (nSPS) is 10.3. The third-order valence-electron chi connectivity index (χ3n) is 4.68. The molecular formula is C24H22O6. The first-order valence-corrected chi connectivity index (χ1v) is 9.16. The van der Waals surface area contributed by atoms with Crippen molar-refractivity contribution >= 4 is 11.6 Å². The summed E-state index contributed by atoms with van der Waals surface area (Å²) in [5, 5.41) is 0. The van der Waals surface area contributed by atoms with Crippen LogP contribution in [-0.2, 0) is 0 Å². The van der Waals surface area contributed by atoms with Crippen molar-refractivity contribution in [1.82, 2.24) is 0 Å². The van der Waals surface area contributed by atoms with Gasteiger partial charge in [-0.1, -0.05) is 18.2 Å². The average molecular weight is 406 g/mol. The molecule has 0 atom stereocenters. The number of ketones is 2. The summed E-state index contributed by atoms with van der Waals surface area (Å²) in [5.74, 6) is 1.54. The summed E-state index contributed by atoms with van der Waals surface area (Å²) in [6.07, 6.45) is 0. The number of carbonyl (C=O) groups excluding carboxylic acids is 2. The molecule has 0 amide bonds. The van der Waals surface area contributed by atoms with Crippen molar-refractivity contribution in [1.29, 1.82) is 0 Å². The molecule has 0 unspecified atom stereocenters. The van der Waals surface area contributed by atoms with Crippen molar-refractivity contribution in [3.05, 3.63) is 82.9 Å². The van der Waals surface area contributed by atoms with Crippen LogP contribution < -0.4 is 18.9 Å². The predicted molar refractivity (Wildman–Crippen MR) is 112 cm³/mol. The molecule has 0 fully saturated rings. The van der Waals surface area contributed by atoms with Gasteiger partial charge in [0.05, 0.1) is 28.4 Å². The standard InChI is InChI=1S/C24H22O6/c1-27-19-10-8-17(13-21(19)29-3)23(25)15-6-5-7-16(12-15)24(26)18-9-11-20(28-2)22(14-18)30-4/h5-14H,1-4H3. The zero-order chi connectivity index (χ0) is 21.7. The third kappa shape index (κ3) is 4.12. The highest BCUT2D eigenvalue weighted by Crippen LogP contribution is 2.30. The molecule has 6 heteroatoms. The Balaban J connectivity index is 1.92. The van der Waals surface area contributed by atoms with E-state index in [0.717, 1.165) is 0 Å². The van der Waals surface area contributed by atoms with E-state index in [4.69, 9.17) is 18.9 Å². The summed E-state index contributed by atoms with van der Waals surface area (Å²) in [4.78, 5) is 25.9. The minimum Gasteiger partial charge on any atom is -0.493 e. The van der Waals surface area contributed by atoms with Crippen molar-refractivity contribution < 1.29 is 28.5 Å². The Labute approximate surface area is 175 Å². The van der Waals surface area contributed by atoms with Gasteiger partial charge in [-0.25, -0.2) is 0 Å². The second-order valence-corrected chi connectivity index (χ2v) is 6.38. The van der Waals surface area contributed by atoms with Crippen LogP contribution in [-0.4, -0.2) is 40.0 Å². The summed E-state index contributed by atoms with van der Waals surface area (Å²) in [6, 6.07) is 16.5. The van der Waals surface area contributed by atoms with Gasteiger partial charge in [-0.05, 0) is 42.5 Å². The smallest absolute Gasteiger partial charge is 0.193 e. The van der Waals surface area contributed by atoms with Crippen LogP contribution in [0.5, 0.6) is 23.0 Å². The summed E-state index contributed by atoms with van der Waals surface area (Å²) in [6.45, 7) is 0. The molecular weight excluding hydrogens is 384 g/mol. The molecule has 0 aliphatic heterocycles. The van der Waals surface area contributed by atoms with Gasteiger partial charge in [-0.2, -0.15) is 0 Å². The predicted octanol–water partition coefficient (Wildman–Crippen LogP) is 4.18. The summed E-state index contributed by atoms with van der Waals surface area (Å²) in [5.41, 5.74) is 1.66. The van der Waals surface area contributed by atoms with Crippen LogP contribution in [0.1, 0.15) is 31.8 Å². The summed E-state index contributed by atoms with van der Waals surface area (Å²) >= 11 is 0. The largest absolute Gasteiger partial charge is 0.493 e. The van der Waals surface area contributed by atoms with E-state index in [1.807, 2.05) is 0 Å². The van der Waals surface area contributed by atoms with Crippen LogP contribution in [0.4, 0.5) is 0 Å². The molecule has 0 radical (unpaired) electrons. The van der Waals surface area contributed by atoms with Crippen LogP contribution in [0.25, 0.3) is 0 Å². The van der Waals surface area contributed by atoms with Gasteiger partial charge in [-0.15, -0.1) is 0 Å². The zero-order valence-corrected chi connectivity index (χ0v) is 17.2. The second kappa shape index (κ2) is 9.13. The fraction of sp³-hybridized carbons (Fsp3) is 0.167. The van der Waals surface area contributed by atoms with Crippen molar-refractivity contribution in [2.24, 2.45) is 0 Å². The molecule has 0 aliphatic carbocycles. The fourth-order valence-corrected chi connectivity index (χ4v) is 3.09. The molecule has 3 rings (SSSR count). The number of rotatable bonds is 8. The third-order valence-corrected chi connectivity index (χ3v) is 4.68. The van der Waals surface area contributed by atoms with Crippen molar-refractivity contribution in [2.45, 2.75) is 0 Å². The summed E-state index contributed by atoms with van der Waals surface area (Å²) < 4.78 is 21.0. The molecule has 0 saturated heterocycles. The highest BCUT2D eigenvalue weighted by molar-refractivity contribution is 6.13. The molecule has 30 heavy (non-hydrogen) atoms. The Bertz CT molecular complexity index is 1000. The molecule has 3 aromatic rings. The molecule has 6 nitrogen and oxygen atoms in total. The monoisotopic (exact) mass is 406 g/mol. The molecule has 0 bridgehead atoms. The van der Waals surface area contributed by atoms with Gasteiger partial charge < -0.3 is 18.9 Å². The number of benzene rings is 3. The Kier molecular flexibility index (Phi) is 6.37. The SMILES string of the molecule is COc1ccc(C(=O)c2cccc(C(=O)c3ccc(OC)c(OC)c3)c2)cc1OC. The molecule has 0 heterocycles. The number of hydrogen-bond acceptors (Lipinski definition) is 6. The lowest BCUT2D eigenvalue weighted by molar-refractivity contribution is 0.103. The summed E-state index contributed by atoms with van der Waals surface area (Å²) in [7, 11) is 6.08. The van der Waals surface area contributed by atoms with Gasteiger partial charge in [-0.3, -0.25) is 9.59 Å². The lowest BCUT2D eigenvalue weighted by atomic mass is 9.97. The van der Waals surface area contributed by atoms with E-state index in [-0.39, 0.29) is 11.6 Å². The quantitative estimate of drug-likeness (QED) is 0.523. The topological polar surface area (TPSA) is 71.1 Å². The van der Waals surface area contributed by atoms with Gasteiger partial charge in [0, 0.05) is 22.3 Å². The van der Waals surface area contributed by atoms with Crippen molar-refractivity contribution in [3.63, 3.8) is 0 Å². The van der Waals surface area contributed by atoms with Crippen molar-refractivity contribution in [3.8, 4) is 23.0 Å². The van der Waals surface area contributed by atoms with E-state index < -0.39 is 0 Å². The maximum Gasteiger partial charge on any atom is 0.193 e. The van der Waals surface area contributed by atoms with Gasteiger partial charge in [0.2, 0.25) is 0 Å². The minimum atomic E-state index is -0.224. The van der Waals surface area contributed by atoms with E-state index in [2.05, 4.69) is 0 Å². The van der Waals surface area contributed by atoms with Crippen LogP contribution in [0, 0.1) is 0 Å². The first-order valence-electron chi connectivity index (χ1n) is 9.16. The van der Waals surface area contributed by atoms with Crippen LogP contribution >= 0.6 is 0 Å². The number of carbonyl (C=O) groups is 2. The number of ether oxygens (including phenoxy) is 4. The molecule has 154 valence electrons. The first kappa shape index (κ1) is 20.9. The maximum atomic E-state index is 13.0. The average Bonchev–Trinajstić information content (AvgIpc) is 2.82. The molecule has 0 aromatic heterocycles. The fourth-order valence-electron chi connectivity index (χ4n) is 3.09. The first-order chi connectivity index (χ1) is 14.5. The van der Waals surface area contributed by atoms with Gasteiger partial charge >= 0.3 is 0 Å². The molecule has 0 aliphatic rings. The molecule has 0 N–H and O–H groups in total. The van der Waals surface area contributed by atoms with Crippen LogP contribution in [0.3, 0.4) is 0 Å². The van der Waals surface area contributed by atoms with Crippen LogP contribution in [0.2, 0.25) is 0 Å². The molecule has 0 saturated carbocycles. The van der Waals surface area contributed by atoms with E-state index in [1.165, 1.54) is 28.4 Å². The molecule has 0 spiro atoms. The Morgan fingerprint density at radius 1 is 0.500 bits per heavy atom. The second-order valence-electron chi connectivity index (χ2n) is 6.38. The van der Waals surface area contributed by atoms with Crippen molar-refractivity contribution in [2.75, 3.05) is 28.4 Å². The number of hydrogen-bond donors (Lipinski definition) is 0. The Morgan fingerprint density at radius 3 is 1.23 bits per heavy atom. The van der Waals surface area contributed by atoms with Gasteiger partial charge in [0.1, 0.15) is 0 Å². The van der Waals surface area contributed by atoms with E-state index in [1.54, 1.807) is 60.7 Å². The Hall–Kier alpha value is -3.80. The molecule has 3 aromatic carbocycles. The zero-order valence-electron chi connectivity index (χ0n) is 17.2. The van der Waals surface area contributed by atoms with Crippen LogP contribution in [0.15, 0.2) is 60.7 Å². The highest BCUT2D eigenvalue weighted by atomic mass is 16.5. The van der Waals surface area contributed by atoms with Gasteiger partial charge in [0.15, 0.2) is 34.6 Å². The highest BCUT2D eigenvalue weighted by Gasteiger charge is 2.17. The Morgan fingerprint density at radius 2 is 0.867 bits per heavy atom. The maximum absolute atomic E-state index is 13.0. The number of methoxy groups -OCH3 is 4. The van der Waals surface area contributed by atoms with Gasteiger partial charge in [0.25, 0.3) is 0 Å². The van der Waals surface area contributed by atoms with E-state index in [9.17, 15) is 9.59 Å². The lowest BCUT2D eigenvalue weighted by Crippen LogP contribution is -2.06. The van der Waals surface area contributed by atoms with E-state index >= 15 is 0 Å².